The lowest BCUT2D eigenvalue weighted by Gasteiger charge is -2.32. The van der Waals surface area contributed by atoms with Gasteiger partial charge in [0.2, 0.25) is 0 Å². The Labute approximate surface area is 132 Å². The molecule has 1 atom stereocenters. The van der Waals surface area contributed by atoms with Crippen molar-refractivity contribution in [2.24, 2.45) is 5.73 Å². The second kappa shape index (κ2) is 7.99. The number of benzene rings is 1. The molecule has 1 aliphatic rings. The number of hydrogen-bond donors (Lipinski definition) is 1. The number of likely N-dealkylation sites (N-methyl/N-ethyl adjacent to an activating group) is 1. The van der Waals surface area contributed by atoms with Gasteiger partial charge < -0.3 is 15.4 Å². The molecule has 2 N–H and O–H groups in total. The summed E-state index contributed by atoms with van der Waals surface area (Å²) in [4.78, 5) is 4.80. The number of piperazine rings is 1. The van der Waals surface area contributed by atoms with Crippen molar-refractivity contribution in [3.8, 4) is 5.75 Å². The van der Waals surface area contributed by atoms with Gasteiger partial charge in [-0.2, -0.15) is 0 Å². The Morgan fingerprint density at radius 3 is 2.67 bits per heavy atom. The number of rotatable bonds is 6. The summed E-state index contributed by atoms with van der Waals surface area (Å²) >= 11 is 6.06. The lowest BCUT2D eigenvalue weighted by Crippen LogP contribution is -2.45. The Hall–Kier alpha value is -0.810. The minimum atomic E-state index is 0.100. The van der Waals surface area contributed by atoms with Crippen molar-refractivity contribution in [3.05, 3.63) is 28.8 Å². The van der Waals surface area contributed by atoms with E-state index in [9.17, 15) is 0 Å². The highest BCUT2D eigenvalue weighted by Gasteiger charge is 2.14. The summed E-state index contributed by atoms with van der Waals surface area (Å²) < 4.78 is 5.95. The van der Waals surface area contributed by atoms with Crippen LogP contribution >= 0.6 is 11.6 Å². The van der Waals surface area contributed by atoms with E-state index >= 15 is 0 Å². The predicted octanol–water partition coefficient (Wildman–Crippen LogP) is 1.86. The molecule has 0 bridgehead atoms. The fraction of sp³-hybridized carbons (Fsp3) is 0.625. The Bertz CT molecular complexity index is 445. The van der Waals surface area contributed by atoms with Crippen LogP contribution in [0, 0.1) is 0 Å². The van der Waals surface area contributed by atoms with Gasteiger partial charge in [0.25, 0.3) is 0 Å². The van der Waals surface area contributed by atoms with Gasteiger partial charge in [-0.05, 0) is 44.2 Å². The van der Waals surface area contributed by atoms with E-state index in [4.69, 9.17) is 22.1 Å². The number of hydrogen-bond acceptors (Lipinski definition) is 4. The van der Waals surface area contributed by atoms with E-state index in [0.717, 1.165) is 55.5 Å². The highest BCUT2D eigenvalue weighted by atomic mass is 35.5. The quantitative estimate of drug-likeness (QED) is 0.870. The third-order valence-electron chi connectivity index (χ3n) is 3.83. The normalized spacial score (nSPS) is 18.7. The first kappa shape index (κ1) is 16.6. The van der Waals surface area contributed by atoms with E-state index in [1.54, 1.807) is 0 Å². The van der Waals surface area contributed by atoms with Crippen LogP contribution in [-0.4, -0.2) is 62.2 Å². The van der Waals surface area contributed by atoms with Gasteiger partial charge in [-0.25, -0.2) is 0 Å². The molecular formula is C16H26ClN3O. The zero-order valence-corrected chi connectivity index (χ0v) is 13.8. The summed E-state index contributed by atoms with van der Waals surface area (Å²) in [6, 6.07) is 5.88. The van der Waals surface area contributed by atoms with Crippen LogP contribution < -0.4 is 10.5 Å². The molecule has 4 nitrogen and oxygen atoms in total. The number of halogens is 1. The van der Waals surface area contributed by atoms with Gasteiger partial charge in [0.15, 0.2) is 0 Å². The zero-order chi connectivity index (χ0) is 15.2. The minimum Gasteiger partial charge on any atom is -0.492 e. The van der Waals surface area contributed by atoms with E-state index < -0.39 is 0 Å². The molecule has 2 rings (SSSR count). The Morgan fingerprint density at radius 2 is 2.00 bits per heavy atom. The molecule has 0 saturated carbocycles. The molecule has 0 aliphatic carbocycles. The first-order valence-electron chi connectivity index (χ1n) is 7.62. The standard InChI is InChI=1S/C16H26ClN3O/c1-13(18)11-14-12-15(17)3-4-16(14)21-10-9-20-7-5-19(2)6-8-20/h3-4,12-13H,5-11,18H2,1-2H3. The molecule has 1 fully saturated rings. The molecule has 0 spiro atoms. The summed E-state index contributed by atoms with van der Waals surface area (Å²) in [5.41, 5.74) is 6.98. The summed E-state index contributed by atoms with van der Waals surface area (Å²) in [7, 11) is 2.17. The molecule has 1 heterocycles. The monoisotopic (exact) mass is 311 g/mol. The highest BCUT2D eigenvalue weighted by molar-refractivity contribution is 6.30. The molecule has 118 valence electrons. The Kier molecular flexibility index (Phi) is 6.30. The van der Waals surface area contributed by atoms with Crippen LogP contribution in [-0.2, 0) is 6.42 Å². The Morgan fingerprint density at radius 1 is 1.29 bits per heavy atom. The summed E-state index contributed by atoms with van der Waals surface area (Å²) in [5.74, 6) is 0.908. The predicted molar refractivity (Wildman–Crippen MR) is 88.2 cm³/mol. The fourth-order valence-electron chi connectivity index (χ4n) is 2.55. The largest absolute Gasteiger partial charge is 0.492 e. The van der Waals surface area contributed by atoms with Crippen molar-refractivity contribution in [2.45, 2.75) is 19.4 Å². The van der Waals surface area contributed by atoms with Gasteiger partial charge in [0.05, 0.1) is 0 Å². The highest BCUT2D eigenvalue weighted by Crippen LogP contribution is 2.24. The maximum Gasteiger partial charge on any atom is 0.122 e. The lowest BCUT2D eigenvalue weighted by atomic mass is 10.1. The molecule has 0 amide bonds. The van der Waals surface area contributed by atoms with Crippen molar-refractivity contribution < 1.29 is 4.74 Å². The third-order valence-corrected chi connectivity index (χ3v) is 4.06. The molecule has 1 unspecified atom stereocenters. The second-order valence-electron chi connectivity index (χ2n) is 5.93. The van der Waals surface area contributed by atoms with Gasteiger partial charge >= 0.3 is 0 Å². The van der Waals surface area contributed by atoms with Crippen LogP contribution in [0.2, 0.25) is 5.02 Å². The number of nitrogens with two attached hydrogens (primary N) is 1. The lowest BCUT2D eigenvalue weighted by molar-refractivity contribution is 0.133. The van der Waals surface area contributed by atoms with Crippen LogP contribution in [0.4, 0.5) is 0 Å². The van der Waals surface area contributed by atoms with Crippen LogP contribution in [0.5, 0.6) is 5.75 Å². The van der Waals surface area contributed by atoms with Gasteiger partial charge in [-0.15, -0.1) is 0 Å². The third kappa shape index (κ3) is 5.47. The molecule has 1 aromatic rings. The summed E-state index contributed by atoms with van der Waals surface area (Å²) in [6.45, 7) is 8.18. The zero-order valence-electron chi connectivity index (χ0n) is 13.0. The van der Waals surface area contributed by atoms with Gasteiger partial charge in [-0.1, -0.05) is 11.6 Å². The van der Waals surface area contributed by atoms with Crippen LogP contribution in [0.3, 0.4) is 0 Å². The molecule has 0 aromatic heterocycles. The van der Waals surface area contributed by atoms with E-state index in [1.807, 2.05) is 25.1 Å². The number of nitrogens with zero attached hydrogens (tertiary/aromatic N) is 2. The fourth-order valence-corrected chi connectivity index (χ4v) is 2.75. The van der Waals surface area contributed by atoms with Gasteiger partial charge in [0, 0.05) is 43.8 Å². The topological polar surface area (TPSA) is 41.7 Å². The number of ether oxygens (including phenoxy) is 1. The average Bonchev–Trinajstić information content (AvgIpc) is 2.43. The molecule has 1 aliphatic heterocycles. The minimum absolute atomic E-state index is 0.100. The average molecular weight is 312 g/mol. The summed E-state index contributed by atoms with van der Waals surface area (Å²) in [5, 5.41) is 0.733. The Balaban J connectivity index is 1.85. The summed E-state index contributed by atoms with van der Waals surface area (Å²) in [6.07, 6.45) is 0.782. The molecule has 1 aromatic carbocycles. The maximum absolute atomic E-state index is 6.06. The smallest absolute Gasteiger partial charge is 0.122 e. The van der Waals surface area contributed by atoms with Crippen molar-refractivity contribution in [1.82, 2.24) is 9.80 Å². The van der Waals surface area contributed by atoms with Crippen molar-refractivity contribution >= 4 is 11.6 Å². The molecule has 21 heavy (non-hydrogen) atoms. The van der Waals surface area contributed by atoms with E-state index in [1.165, 1.54) is 0 Å². The van der Waals surface area contributed by atoms with E-state index in [-0.39, 0.29) is 6.04 Å². The van der Waals surface area contributed by atoms with Crippen LogP contribution in [0.15, 0.2) is 18.2 Å². The van der Waals surface area contributed by atoms with Crippen LogP contribution in [0.1, 0.15) is 12.5 Å². The van der Waals surface area contributed by atoms with Gasteiger partial charge in [-0.3, -0.25) is 4.90 Å². The molecular weight excluding hydrogens is 286 g/mol. The first-order chi connectivity index (χ1) is 10.0. The van der Waals surface area contributed by atoms with Crippen molar-refractivity contribution in [1.29, 1.82) is 0 Å². The second-order valence-corrected chi connectivity index (χ2v) is 6.36. The van der Waals surface area contributed by atoms with E-state index in [0.29, 0.717) is 6.61 Å². The van der Waals surface area contributed by atoms with Crippen LogP contribution in [0.25, 0.3) is 0 Å². The maximum atomic E-state index is 6.06. The molecule has 0 radical (unpaired) electrons. The van der Waals surface area contributed by atoms with Gasteiger partial charge in [0.1, 0.15) is 12.4 Å². The van der Waals surface area contributed by atoms with E-state index in [2.05, 4.69) is 16.8 Å². The first-order valence-corrected chi connectivity index (χ1v) is 8.00. The van der Waals surface area contributed by atoms with Crippen molar-refractivity contribution in [2.75, 3.05) is 46.4 Å². The van der Waals surface area contributed by atoms with Crippen molar-refractivity contribution in [3.63, 3.8) is 0 Å². The molecule has 1 saturated heterocycles. The molecule has 5 heteroatoms. The SMILES string of the molecule is CC(N)Cc1cc(Cl)ccc1OCCN1CCN(C)CC1.